The quantitative estimate of drug-likeness (QED) is 0.188. The van der Waals surface area contributed by atoms with Crippen molar-refractivity contribution in [1.82, 2.24) is 0 Å². The van der Waals surface area contributed by atoms with Gasteiger partial charge in [0, 0.05) is 0 Å². The molecular formula is C34H57P2Si. The van der Waals surface area contributed by atoms with Crippen LogP contribution in [-0.4, -0.2) is 43.8 Å². The molecule has 4 aliphatic rings. The van der Waals surface area contributed by atoms with Crippen molar-refractivity contribution in [2.75, 3.05) is 12.3 Å². The van der Waals surface area contributed by atoms with Gasteiger partial charge in [0.25, 0.3) is 0 Å². The van der Waals surface area contributed by atoms with E-state index >= 15 is 0 Å². The van der Waals surface area contributed by atoms with Gasteiger partial charge in [-0.25, -0.2) is 0 Å². The van der Waals surface area contributed by atoms with Crippen LogP contribution in [0, 0.1) is 0 Å². The molecule has 0 atom stereocenters. The van der Waals surface area contributed by atoms with Crippen LogP contribution in [0.1, 0.15) is 128 Å². The van der Waals surface area contributed by atoms with Crippen LogP contribution in [0.25, 0.3) is 0 Å². The van der Waals surface area contributed by atoms with Gasteiger partial charge in [-0.1, -0.05) is 125 Å². The lowest BCUT2D eigenvalue weighted by molar-refractivity contribution is 0.484. The second-order valence-electron chi connectivity index (χ2n) is 13.1. The molecule has 4 fully saturated rings. The van der Waals surface area contributed by atoms with Crippen molar-refractivity contribution in [3.63, 3.8) is 0 Å². The molecule has 1 aromatic rings. The van der Waals surface area contributed by atoms with Crippen molar-refractivity contribution in [1.29, 1.82) is 0 Å². The molecule has 37 heavy (non-hydrogen) atoms. The van der Waals surface area contributed by atoms with Gasteiger partial charge in [-0.15, -0.1) is 15.8 Å². The van der Waals surface area contributed by atoms with Crippen LogP contribution in [0.2, 0.25) is 12.1 Å². The summed E-state index contributed by atoms with van der Waals surface area (Å²) in [6.45, 7) is 0. The Bertz CT molecular complexity index is 649. The van der Waals surface area contributed by atoms with Crippen LogP contribution in [0.3, 0.4) is 0 Å². The molecule has 0 heterocycles. The van der Waals surface area contributed by atoms with E-state index < -0.39 is 8.80 Å². The zero-order valence-corrected chi connectivity index (χ0v) is 26.8. The zero-order chi connectivity index (χ0) is 25.1. The highest BCUT2D eigenvalue weighted by atomic mass is 31.1. The average molecular weight is 556 g/mol. The summed E-state index contributed by atoms with van der Waals surface area (Å²) in [6.07, 6.45) is 34.4. The summed E-state index contributed by atoms with van der Waals surface area (Å²) in [5, 5.41) is 1.79. The van der Waals surface area contributed by atoms with E-state index in [1.807, 2.05) is 0 Å². The van der Waals surface area contributed by atoms with Crippen molar-refractivity contribution in [2.24, 2.45) is 0 Å². The van der Waals surface area contributed by atoms with Crippen LogP contribution in [0.5, 0.6) is 0 Å². The Morgan fingerprint density at radius 3 is 1.11 bits per heavy atom. The van der Waals surface area contributed by atoms with E-state index in [1.54, 1.807) is 132 Å². The minimum Gasteiger partial charge on any atom is -0.101 e. The molecule has 0 spiro atoms. The SMILES string of the molecule is c1ccc([Si](CCP(C2CCCCC2)C2CCCCC2)CCP(C2CCCCC2)C2CCCCC2)cc1. The van der Waals surface area contributed by atoms with Crippen molar-refractivity contribution < 1.29 is 0 Å². The van der Waals surface area contributed by atoms with Crippen molar-refractivity contribution in [3.05, 3.63) is 30.3 Å². The van der Waals surface area contributed by atoms with E-state index in [-0.39, 0.29) is 15.8 Å². The number of hydrogen-bond donors (Lipinski definition) is 0. The molecule has 4 aliphatic carbocycles. The molecule has 1 aromatic carbocycles. The molecule has 207 valence electrons. The third-order valence-corrected chi connectivity index (χ3v) is 21.7. The summed E-state index contributed by atoms with van der Waals surface area (Å²) in [5.74, 6) is 0. The van der Waals surface area contributed by atoms with Crippen LogP contribution in [0.15, 0.2) is 30.3 Å². The molecule has 3 heteroatoms. The molecule has 4 saturated carbocycles. The topological polar surface area (TPSA) is 0 Å². The molecule has 0 aromatic heterocycles. The molecule has 0 bridgehead atoms. The Morgan fingerprint density at radius 1 is 0.459 bits per heavy atom. The van der Waals surface area contributed by atoms with E-state index in [0.29, 0.717) is 0 Å². The molecule has 1 radical (unpaired) electrons. The van der Waals surface area contributed by atoms with Crippen molar-refractivity contribution >= 4 is 29.8 Å². The first-order valence-electron chi connectivity index (χ1n) is 16.8. The maximum absolute atomic E-state index is 2.54. The lowest BCUT2D eigenvalue weighted by Gasteiger charge is -2.40. The van der Waals surface area contributed by atoms with Crippen molar-refractivity contribution in [2.45, 2.75) is 163 Å². The second kappa shape index (κ2) is 15.9. The van der Waals surface area contributed by atoms with Gasteiger partial charge in [0.2, 0.25) is 0 Å². The average Bonchev–Trinajstić information content (AvgIpc) is 2.99. The standard InChI is InChI=1S/C34H57P2Si/c1-6-16-30(17-7-1)35(31-18-8-2-9-19-31)26-28-37(34-24-14-5-15-25-34)29-27-36(32-20-10-3-11-21-32)33-22-12-4-13-23-33/h5,14-15,24-25,30-33H,1-4,6-13,16-23,26-29H2. The molecule has 0 saturated heterocycles. The van der Waals surface area contributed by atoms with Gasteiger partial charge in [0.1, 0.15) is 0 Å². The summed E-state index contributed by atoms with van der Waals surface area (Å²) in [4.78, 5) is 0. The van der Waals surface area contributed by atoms with Gasteiger partial charge in [0.15, 0.2) is 0 Å². The normalized spacial score (nSPS) is 23.9. The molecule has 0 N–H and O–H groups in total. The monoisotopic (exact) mass is 555 g/mol. The van der Waals surface area contributed by atoms with Gasteiger partial charge in [-0.05, 0) is 86.3 Å². The first-order chi connectivity index (χ1) is 18.4. The number of rotatable bonds is 11. The van der Waals surface area contributed by atoms with E-state index in [2.05, 4.69) is 30.3 Å². The fraction of sp³-hybridized carbons (Fsp3) is 0.824. The van der Waals surface area contributed by atoms with E-state index in [0.717, 1.165) is 22.6 Å². The first kappa shape index (κ1) is 28.8. The molecule has 0 amide bonds. The summed E-state index contributed by atoms with van der Waals surface area (Å²) >= 11 is 0. The van der Waals surface area contributed by atoms with E-state index in [1.165, 1.54) is 25.7 Å². The summed E-state index contributed by atoms with van der Waals surface area (Å²) in [6, 6.07) is 15.3. The Hall–Kier alpha value is 0.297. The summed E-state index contributed by atoms with van der Waals surface area (Å²) < 4.78 is 0. The fourth-order valence-electron chi connectivity index (χ4n) is 8.59. The maximum Gasteiger partial charge on any atom is 0.0863 e. The molecule has 0 aliphatic heterocycles. The third-order valence-electron chi connectivity index (χ3n) is 10.7. The van der Waals surface area contributed by atoms with Gasteiger partial charge < -0.3 is 0 Å². The van der Waals surface area contributed by atoms with Crippen LogP contribution >= 0.6 is 15.8 Å². The predicted octanol–water partition coefficient (Wildman–Crippen LogP) is 10.7. The smallest absolute Gasteiger partial charge is 0.0863 e. The summed E-state index contributed by atoms with van der Waals surface area (Å²) in [5.41, 5.74) is 4.53. The molecule has 5 rings (SSSR count). The Labute approximate surface area is 235 Å². The molecule has 0 unspecified atom stereocenters. The highest BCUT2D eigenvalue weighted by Gasteiger charge is 2.34. The highest BCUT2D eigenvalue weighted by Crippen LogP contribution is 2.58. The van der Waals surface area contributed by atoms with Gasteiger partial charge in [-0.3, -0.25) is 0 Å². The van der Waals surface area contributed by atoms with Crippen LogP contribution < -0.4 is 5.19 Å². The third kappa shape index (κ3) is 8.64. The summed E-state index contributed by atoms with van der Waals surface area (Å²) in [7, 11) is 0.0905. The van der Waals surface area contributed by atoms with Gasteiger partial charge in [-0.2, -0.15) is 0 Å². The Morgan fingerprint density at radius 2 is 0.784 bits per heavy atom. The van der Waals surface area contributed by atoms with Crippen LogP contribution in [-0.2, 0) is 0 Å². The fourth-order valence-corrected chi connectivity index (χ4v) is 21.1. The minimum atomic E-state index is -0.431. The van der Waals surface area contributed by atoms with Gasteiger partial charge >= 0.3 is 0 Å². The van der Waals surface area contributed by atoms with E-state index in [4.69, 9.17) is 0 Å². The molecular weight excluding hydrogens is 498 g/mol. The predicted molar refractivity (Wildman–Crippen MR) is 173 cm³/mol. The van der Waals surface area contributed by atoms with Crippen LogP contribution in [0.4, 0.5) is 0 Å². The number of hydrogen-bond acceptors (Lipinski definition) is 0. The Kier molecular flexibility index (Phi) is 12.4. The lowest BCUT2D eigenvalue weighted by Crippen LogP contribution is -2.33. The van der Waals surface area contributed by atoms with E-state index in [9.17, 15) is 0 Å². The largest absolute Gasteiger partial charge is 0.101 e. The molecule has 0 nitrogen and oxygen atoms in total. The highest BCUT2D eigenvalue weighted by molar-refractivity contribution is 7.59. The lowest BCUT2D eigenvalue weighted by atomic mass is 9.99. The Balaban J connectivity index is 1.27. The zero-order valence-electron chi connectivity index (χ0n) is 24.1. The first-order valence-corrected chi connectivity index (χ1v) is 22.0. The maximum atomic E-state index is 2.54. The van der Waals surface area contributed by atoms with Gasteiger partial charge in [0.05, 0.1) is 8.80 Å². The number of benzene rings is 1. The minimum absolute atomic E-state index is 0.261. The van der Waals surface area contributed by atoms with Crippen molar-refractivity contribution in [3.8, 4) is 0 Å². The second-order valence-corrected chi connectivity index (χ2v) is 21.8.